The van der Waals surface area contributed by atoms with Crippen LogP contribution in [0.25, 0.3) is 10.9 Å². The van der Waals surface area contributed by atoms with Crippen LogP contribution in [0.1, 0.15) is 41.3 Å². The summed E-state index contributed by atoms with van der Waals surface area (Å²) in [6.07, 6.45) is 5.54. The molecule has 1 unspecified atom stereocenters. The van der Waals surface area contributed by atoms with Gasteiger partial charge in [0.1, 0.15) is 0 Å². The first-order valence-corrected chi connectivity index (χ1v) is 11.1. The number of piperidine rings is 1. The summed E-state index contributed by atoms with van der Waals surface area (Å²) in [5.74, 6) is 1.50. The summed E-state index contributed by atoms with van der Waals surface area (Å²) in [6.45, 7) is 5.20. The number of carbonyl (C=O) groups is 1. The third-order valence-corrected chi connectivity index (χ3v) is 6.26. The van der Waals surface area contributed by atoms with Gasteiger partial charge >= 0.3 is 0 Å². The van der Waals surface area contributed by atoms with Crippen molar-refractivity contribution in [1.82, 2.24) is 15.1 Å². The van der Waals surface area contributed by atoms with E-state index >= 15 is 0 Å². The van der Waals surface area contributed by atoms with Gasteiger partial charge in [-0.2, -0.15) is 5.10 Å². The van der Waals surface area contributed by atoms with Crippen molar-refractivity contribution in [2.24, 2.45) is 5.92 Å². The molecule has 1 N–H and O–H groups in total. The lowest BCUT2D eigenvalue weighted by Gasteiger charge is -2.33. The van der Waals surface area contributed by atoms with Crippen molar-refractivity contribution in [3.8, 4) is 0 Å². The van der Waals surface area contributed by atoms with E-state index in [2.05, 4.69) is 45.4 Å². The molecule has 146 valence electrons. The predicted octanol–water partition coefficient (Wildman–Crippen LogP) is 4.91. The number of hydrogen-bond acceptors (Lipinski definition) is 4. The molecule has 2 heterocycles. The summed E-state index contributed by atoms with van der Waals surface area (Å²) in [4.78, 5) is 14.7. The lowest BCUT2D eigenvalue weighted by molar-refractivity contribution is 0.108. The highest BCUT2D eigenvalue weighted by molar-refractivity contribution is 8.14. The molecule has 0 spiro atoms. The molecule has 4 nitrogen and oxygen atoms in total. The van der Waals surface area contributed by atoms with Crippen molar-refractivity contribution >= 4 is 27.8 Å². The molecule has 4 rings (SSSR count). The van der Waals surface area contributed by atoms with Gasteiger partial charge in [-0.25, -0.2) is 0 Å². The van der Waals surface area contributed by atoms with Gasteiger partial charge in [0.2, 0.25) is 5.12 Å². The minimum absolute atomic E-state index is 0.176. The molecule has 0 saturated carbocycles. The number of fused-ring (bicyclic) bond motifs is 1. The van der Waals surface area contributed by atoms with Crippen LogP contribution in [-0.4, -0.2) is 39.1 Å². The molecular weight excluding hydrogens is 366 g/mol. The number of rotatable bonds is 6. The number of benzene rings is 2. The number of thioether (sulfide) groups is 1. The Balaban J connectivity index is 1.38. The Labute approximate surface area is 170 Å². The van der Waals surface area contributed by atoms with E-state index in [-0.39, 0.29) is 5.12 Å². The average Bonchev–Trinajstić information content (AvgIpc) is 3.16. The van der Waals surface area contributed by atoms with Gasteiger partial charge in [0.05, 0.1) is 11.7 Å². The van der Waals surface area contributed by atoms with Crippen molar-refractivity contribution in [1.29, 1.82) is 0 Å². The molecule has 28 heavy (non-hydrogen) atoms. The summed E-state index contributed by atoms with van der Waals surface area (Å²) in [5, 5.41) is 8.51. The number of likely N-dealkylation sites (tertiary alicyclic amines) is 1. The van der Waals surface area contributed by atoms with Crippen molar-refractivity contribution < 1.29 is 4.79 Å². The van der Waals surface area contributed by atoms with E-state index in [0.717, 1.165) is 42.9 Å². The maximum absolute atomic E-state index is 12.2. The molecule has 0 radical (unpaired) electrons. The number of nitrogens with one attached hydrogen (secondary N) is 1. The maximum Gasteiger partial charge on any atom is 0.219 e. The van der Waals surface area contributed by atoms with Gasteiger partial charge in [0, 0.05) is 24.0 Å². The molecule has 0 amide bonds. The first-order valence-electron chi connectivity index (χ1n) is 10.1. The Hall–Kier alpha value is -2.11. The van der Waals surface area contributed by atoms with Crippen LogP contribution in [0.2, 0.25) is 0 Å². The van der Waals surface area contributed by atoms with Crippen molar-refractivity contribution in [3.63, 3.8) is 0 Å². The van der Waals surface area contributed by atoms with E-state index in [1.165, 1.54) is 41.1 Å². The first-order chi connectivity index (χ1) is 13.7. The van der Waals surface area contributed by atoms with Crippen LogP contribution >= 0.6 is 11.8 Å². The number of carbonyl (C=O) groups excluding carboxylic acids is 1. The number of aromatic amines is 1. The molecular formula is C23H27N3OS. The second-order valence-electron chi connectivity index (χ2n) is 7.66. The van der Waals surface area contributed by atoms with Crippen LogP contribution < -0.4 is 0 Å². The summed E-state index contributed by atoms with van der Waals surface area (Å²) in [6, 6.07) is 14.8. The molecule has 1 aliphatic rings. The third kappa shape index (κ3) is 4.65. The predicted molar refractivity (Wildman–Crippen MR) is 117 cm³/mol. The summed E-state index contributed by atoms with van der Waals surface area (Å²) in [7, 11) is 0. The Kier molecular flexibility index (Phi) is 6.13. The fraction of sp³-hybridized carbons (Fsp3) is 0.391. The average molecular weight is 394 g/mol. The van der Waals surface area contributed by atoms with Gasteiger partial charge in [-0.1, -0.05) is 43.0 Å². The van der Waals surface area contributed by atoms with Crippen LogP contribution in [0, 0.1) is 5.92 Å². The summed E-state index contributed by atoms with van der Waals surface area (Å²) < 4.78 is 0. The first kappa shape index (κ1) is 19.2. The van der Waals surface area contributed by atoms with E-state index in [1.54, 1.807) is 0 Å². The zero-order chi connectivity index (χ0) is 19.3. The highest BCUT2D eigenvalue weighted by Crippen LogP contribution is 2.24. The minimum Gasteiger partial charge on any atom is -0.299 e. The molecule has 5 heteroatoms. The zero-order valence-corrected chi connectivity index (χ0v) is 17.2. The smallest absolute Gasteiger partial charge is 0.219 e. The number of H-pyrrole nitrogens is 1. The van der Waals surface area contributed by atoms with E-state index in [1.807, 2.05) is 25.3 Å². The highest BCUT2D eigenvalue weighted by Gasteiger charge is 2.20. The second-order valence-corrected chi connectivity index (χ2v) is 8.90. The molecule has 2 aromatic carbocycles. The molecule has 1 saturated heterocycles. The molecule has 0 aliphatic carbocycles. The Morgan fingerprint density at radius 3 is 3.07 bits per heavy atom. The summed E-state index contributed by atoms with van der Waals surface area (Å²) >= 11 is 1.38. The number of nitrogens with zero attached hydrogens (tertiary/aromatic N) is 2. The standard InChI is InChI=1S/C23H27N3OS/c1-2-28-23(27)20-7-3-5-19(13-20)16-26-10-4-6-18(15-26)11-17-8-9-22-21(12-17)14-24-25-22/h3,5,7-9,12-14,18H,2,4,6,10-11,15-16H2,1H3,(H,24,25). The topological polar surface area (TPSA) is 49.0 Å². The van der Waals surface area contributed by atoms with Crippen LogP contribution in [-0.2, 0) is 13.0 Å². The Morgan fingerprint density at radius 2 is 2.18 bits per heavy atom. The second kappa shape index (κ2) is 8.93. The van der Waals surface area contributed by atoms with Gasteiger partial charge in [0.25, 0.3) is 0 Å². The highest BCUT2D eigenvalue weighted by atomic mass is 32.2. The van der Waals surface area contributed by atoms with Crippen LogP contribution in [0.3, 0.4) is 0 Å². The maximum atomic E-state index is 12.2. The van der Waals surface area contributed by atoms with Gasteiger partial charge in [-0.3, -0.25) is 14.8 Å². The molecule has 0 bridgehead atoms. The Morgan fingerprint density at radius 1 is 1.25 bits per heavy atom. The molecule has 1 aliphatic heterocycles. The molecule has 1 fully saturated rings. The minimum atomic E-state index is 0.176. The van der Waals surface area contributed by atoms with Gasteiger partial charge in [0.15, 0.2) is 0 Å². The third-order valence-electron chi connectivity index (χ3n) is 5.48. The van der Waals surface area contributed by atoms with Crippen LogP contribution in [0.15, 0.2) is 48.7 Å². The van der Waals surface area contributed by atoms with E-state index in [4.69, 9.17) is 0 Å². The van der Waals surface area contributed by atoms with Crippen LogP contribution in [0.4, 0.5) is 0 Å². The zero-order valence-electron chi connectivity index (χ0n) is 16.4. The lowest BCUT2D eigenvalue weighted by Crippen LogP contribution is -2.35. The SMILES string of the molecule is CCSC(=O)c1cccc(CN2CCCC(Cc3ccc4[nH]ncc4c3)C2)c1. The van der Waals surface area contributed by atoms with E-state index < -0.39 is 0 Å². The van der Waals surface area contributed by atoms with Crippen LogP contribution in [0.5, 0.6) is 0 Å². The summed E-state index contributed by atoms with van der Waals surface area (Å²) in [5.41, 5.74) is 4.56. The molecule has 1 atom stereocenters. The van der Waals surface area contributed by atoms with E-state index in [0.29, 0.717) is 5.92 Å². The monoisotopic (exact) mass is 393 g/mol. The molecule has 1 aromatic heterocycles. The van der Waals surface area contributed by atoms with E-state index in [9.17, 15) is 4.79 Å². The van der Waals surface area contributed by atoms with Gasteiger partial charge < -0.3 is 0 Å². The fourth-order valence-corrected chi connectivity index (χ4v) is 4.74. The number of hydrogen-bond donors (Lipinski definition) is 1. The van der Waals surface area contributed by atoms with Gasteiger partial charge in [-0.05, 0) is 66.8 Å². The largest absolute Gasteiger partial charge is 0.299 e. The van der Waals surface area contributed by atoms with Crippen molar-refractivity contribution in [2.45, 2.75) is 32.7 Å². The normalized spacial score (nSPS) is 17.8. The number of aromatic nitrogens is 2. The fourth-order valence-electron chi connectivity index (χ4n) is 4.18. The quantitative estimate of drug-likeness (QED) is 0.646. The molecule has 3 aromatic rings. The van der Waals surface area contributed by atoms with Gasteiger partial charge in [-0.15, -0.1) is 0 Å². The van der Waals surface area contributed by atoms with Crippen molar-refractivity contribution in [3.05, 3.63) is 65.4 Å². The Bertz CT molecular complexity index is 952. The van der Waals surface area contributed by atoms with Crippen molar-refractivity contribution in [2.75, 3.05) is 18.8 Å². The lowest BCUT2D eigenvalue weighted by atomic mass is 9.90.